The van der Waals surface area contributed by atoms with Crippen molar-refractivity contribution in [3.8, 4) is 0 Å². The van der Waals surface area contributed by atoms with Gasteiger partial charge in [0.15, 0.2) is 0 Å². The van der Waals surface area contributed by atoms with Crippen molar-refractivity contribution < 1.29 is 4.74 Å². The van der Waals surface area contributed by atoms with E-state index in [1.54, 1.807) is 7.11 Å². The first-order valence-electron chi connectivity index (χ1n) is 6.39. The minimum Gasteiger partial charge on any atom is -0.385 e. The third kappa shape index (κ3) is 4.48. The number of aromatic nitrogens is 2. The molecule has 0 saturated carbocycles. The number of rotatable bonds is 8. The summed E-state index contributed by atoms with van der Waals surface area (Å²) in [4.78, 5) is 0. The maximum atomic E-state index is 5.16. The molecule has 0 aromatic carbocycles. The fourth-order valence-electron chi connectivity index (χ4n) is 2.02. The van der Waals surface area contributed by atoms with E-state index in [1.807, 2.05) is 17.9 Å². The average Bonchev–Trinajstić information content (AvgIpc) is 2.73. The van der Waals surface area contributed by atoms with Crippen LogP contribution >= 0.6 is 0 Å². The SMILES string of the molecule is CCCNC(c1cnn(C)c1)C(C)CCOC. The van der Waals surface area contributed by atoms with Gasteiger partial charge in [-0.15, -0.1) is 0 Å². The van der Waals surface area contributed by atoms with Crippen LogP contribution < -0.4 is 5.32 Å². The molecule has 1 N–H and O–H groups in total. The molecule has 1 rings (SSSR count). The number of aryl methyl sites for hydroxylation is 1. The quantitative estimate of drug-likeness (QED) is 0.755. The number of nitrogens with zero attached hydrogens (tertiary/aromatic N) is 2. The Hall–Kier alpha value is -0.870. The lowest BCUT2D eigenvalue weighted by Crippen LogP contribution is -2.28. The summed E-state index contributed by atoms with van der Waals surface area (Å²) in [5.74, 6) is 0.547. The van der Waals surface area contributed by atoms with Gasteiger partial charge >= 0.3 is 0 Å². The van der Waals surface area contributed by atoms with Crippen molar-refractivity contribution in [1.82, 2.24) is 15.1 Å². The molecular formula is C13H25N3O. The van der Waals surface area contributed by atoms with Gasteiger partial charge in [0.1, 0.15) is 0 Å². The van der Waals surface area contributed by atoms with Crippen molar-refractivity contribution >= 4 is 0 Å². The predicted molar refractivity (Wildman–Crippen MR) is 69.9 cm³/mol. The molecule has 0 aliphatic rings. The van der Waals surface area contributed by atoms with Crippen LogP contribution in [0.5, 0.6) is 0 Å². The van der Waals surface area contributed by atoms with Gasteiger partial charge in [0.05, 0.1) is 6.20 Å². The van der Waals surface area contributed by atoms with Crippen LogP contribution in [0.4, 0.5) is 0 Å². The Labute approximate surface area is 104 Å². The summed E-state index contributed by atoms with van der Waals surface area (Å²) < 4.78 is 7.02. The zero-order valence-corrected chi connectivity index (χ0v) is 11.4. The van der Waals surface area contributed by atoms with Gasteiger partial charge in [-0.3, -0.25) is 4.68 Å². The summed E-state index contributed by atoms with van der Waals surface area (Å²) in [6.45, 7) is 6.30. The lowest BCUT2D eigenvalue weighted by atomic mass is 9.94. The molecule has 0 bridgehead atoms. The van der Waals surface area contributed by atoms with Crippen LogP contribution in [0.15, 0.2) is 12.4 Å². The summed E-state index contributed by atoms with van der Waals surface area (Å²) in [7, 11) is 3.71. The molecular weight excluding hydrogens is 214 g/mol. The number of hydrogen-bond acceptors (Lipinski definition) is 3. The maximum absolute atomic E-state index is 5.16. The Morgan fingerprint density at radius 3 is 2.82 bits per heavy atom. The zero-order chi connectivity index (χ0) is 12.7. The first-order chi connectivity index (χ1) is 8.19. The van der Waals surface area contributed by atoms with Crippen LogP contribution in [0.3, 0.4) is 0 Å². The van der Waals surface area contributed by atoms with E-state index in [9.17, 15) is 0 Å². The molecule has 0 saturated heterocycles. The molecule has 0 fully saturated rings. The molecule has 0 aliphatic heterocycles. The first-order valence-corrected chi connectivity index (χ1v) is 6.39. The van der Waals surface area contributed by atoms with Gasteiger partial charge in [-0.1, -0.05) is 13.8 Å². The van der Waals surface area contributed by atoms with E-state index in [1.165, 1.54) is 5.56 Å². The van der Waals surface area contributed by atoms with Gasteiger partial charge in [-0.2, -0.15) is 5.10 Å². The van der Waals surface area contributed by atoms with Crippen LogP contribution in [0.25, 0.3) is 0 Å². The second kappa shape index (κ2) is 7.45. The Balaban J connectivity index is 2.65. The summed E-state index contributed by atoms with van der Waals surface area (Å²) in [6, 6.07) is 0.374. The van der Waals surface area contributed by atoms with Crippen molar-refractivity contribution in [3.05, 3.63) is 18.0 Å². The van der Waals surface area contributed by atoms with Crippen LogP contribution in [0, 0.1) is 5.92 Å². The second-order valence-electron chi connectivity index (χ2n) is 4.64. The van der Waals surface area contributed by atoms with Crippen molar-refractivity contribution in [1.29, 1.82) is 0 Å². The van der Waals surface area contributed by atoms with E-state index in [0.717, 1.165) is 26.0 Å². The van der Waals surface area contributed by atoms with Gasteiger partial charge in [-0.05, 0) is 25.3 Å². The van der Waals surface area contributed by atoms with Gasteiger partial charge in [-0.25, -0.2) is 0 Å². The molecule has 0 aliphatic carbocycles. The van der Waals surface area contributed by atoms with Crippen molar-refractivity contribution in [2.75, 3.05) is 20.3 Å². The highest BCUT2D eigenvalue weighted by Gasteiger charge is 2.19. The molecule has 1 aromatic rings. The molecule has 2 unspecified atom stereocenters. The monoisotopic (exact) mass is 239 g/mol. The van der Waals surface area contributed by atoms with Gasteiger partial charge < -0.3 is 10.1 Å². The van der Waals surface area contributed by atoms with E-state index in [4.69, 9.17) is 4.74 Å². The standard InChI is InChI=1S/C13H25N3O/c1-5-7-14-13(11(2)6-8-17-4)12-9-15-16(3)10-12/h9-11,13-14H,5-8H2,1-4H3. The second-order valence-corrected chi connectivity index (χ2v) is 4.64. The van der Waals surface area contributed by atoms with Gasteiger partial charge in [0, 0.05) is 38.6 Å². The van der Waals surface area contributed by atoms with E-state index < -0.39 is 0 Å². The molecule has 0 radical (unpaired) electrons. The topological polar surface area (TPSA) is 39.1 Å². The lowest BCUT2D eigenvalue weighted by molar-refractivity contribution is 0.170. The van der Waals surface area contributed by atoms with E-state index in [-0.39, 0.29) is 0 Å². The molecule has 4 heteroatoms. The largest absolute Gasteiger partial charge is 0.385 e. The Morgan fingerprint density at radius 2 is 2.29 bits per heavy atom. The fourth-order valence-corrected chi connectivity index (χ4v) is 2.02. The fraction of sp³-hybridized carbons (Fsp3) is 0.769. The summed E-state index contributed by atoms with van der Waals surface area (Å²) in [5, 5.41) is 7.85. The molecule has 2 atom stereocenters. The van der Waals surface area contributed by atoms with Crippen LogP contribution in [0.1, 0.15) is 38.3 Å². The highest BCUT2D eigenvalue weighted by atomic mass is 16.5. The van der Waals surface area contributed by atoms with Crippen LogP contribution in [0.2, 0.25) is 0 Å². The van der Waals surface area contributed by atoms with Gasteiger partial charge in [0.2, 0.25) is 0 Å². The third-order valence-electron chi connectivity index (χ3n) is 3.04. The number of ether oxygens (including phenoxy) is 1. The Kier molecular flexibility index (Phi) is 6.22. The van der Waals surface area contributed by atoms with E-state index in [2.05, 4.69) is 30.5 Å². The highest BCUT2D eigenvalue weighted by molar-refractivity contribution is 5.11. The minimum atomic E-state index is 0.374. The number of nitrogens with one attached hydrogen (secondary N) is 1. The molecule has 0 amide bonds. The Morgan fingerprint density at radius 1 is 1.53 bits per heavy atom. The van der Waals surface area contributed by atoms with E-state index >= 15 is 0 Å². The molecule has 98 valence electrons. The first kappa shape index (κ1) is 14.2. The molecule has 1 heterocycles. The summed E-state index contributed by atoms with van der Waals surface area (Å²) in [5.41, 5.74) is 1.27. The number of hydrogen-bond donors (Lipinski definition) is 1. The molecule has 0 spiro atoms. The lowest BCUT2D eigenvalue weighted by Gasteiger charge is -2.24. The normalized spacial score (nSPS) is 14.8. The van der Waals surface area contributed by atoms with Crippen molar-refractivity contribution in [2.24, 2.45) is 13.0 Å². The van der Waals surface area contributed by atoms with Crippen LogP contribution in [-0.4, -0.2) is 30.0 Å². The molecule has 1 aromatic heterocycles. The maximum Gasteiger partial charge on any atom is 0.0537 e. The van der Waals surface area contributed by atoms with Gasteiger partial charge in [0.25, 0.3) is 0 Å². The summed E-state index contributed by atoms with van der Waals surface area (Å²) in [6.07, 6.45) is 6.26. The smallest absolute Gasteiger partial charge is 0.0537 e. The van der Waals surface area contributed by atoms with Crippen molar-refractivity contribution in [3.63, 3.8) is 0 Å². The molecule has 4 nitrogen and oxygen atoms in total. The van der Waals surface area contributed by atoms with Crippen LogP contribution in [-0.2, 0) is 11.8 Å². The van der Waals surface area contributed by atoms with Crippen molar-refractivity contribution in [2.45, 2.75) is 32.7 Å². The highest BCUT2D eigenvalue weighted by Crippen LogP contribution is 2.24. The number of methoxy groups -OCH3 is 1. The predicted octanol–water partition coefficient (Wildman–Crippen LogP) is 2.13. The molecule has 17 heavy (non-hydrogen) atoms. The van der Waals surface area contributed by atoms with E-state index in [0.29, 0.717) is 12.0 Å². The third-order valence-corrected chi connectivity index (χ3v) is 3.04. The average molecular weight is 239 g/mol. The Bertz CT molecular complexity index is 311. The zero-order valence-electron chi connectivity index (χ0n) is 11.4. The summed E-state index contributed by atoms with van der Waals surface area (Å²) >= 11 is 0. The minimum absolute atomic E-state index is 0.374.